The topological polar surface area (TPSA) is 113 Å². The minimum atomic E-state index is -0.923. The number of esters is 1. The van der Waals surface area contributed by atoms with Crippen LogP contribution in [0, 0.1) is 6.92 Å². The maximum atomic E-state index is 13.7. The van der Waals surface area contributed by atoms with Crippen LogP contribution in [0.1, 0.15) is 31.4 Å². The Labute approximate surface area is 211 Å². The highest BCUT2D eigenvalue weighted by molar-refractivity contribution is 8.26. The number of carbonyl (C=O) groups excluding carboxylic acids is 3. The van der Waals surface area contributed by atoms with Crippen molar-refractivity contribution >= 4 is 63.6 Å². The molecule has 2 aliphatic heterocycles. The number of rotatable bonds is 5. The normalized spacial score (nSPS) is 19.7. The fourth-order valence-electron chi connectivity index (χ4n) is 4.06. The molecule has 0 aromatic carbocycles. The summed E-state index contributed by atoms with van der Waals surface area (Å²) in [5, 5.41) is 2.75. The minimum absolute atomic E-state index is 0.137. The van der Waals surface area contributed by atoms with Crippen LogP contribution >= 0.6 is 24.0 Å². The van der Waals surface area contributed by atoms with E-state index in [1.54, 1.807) is 17.2 Å². The molecule has 2 fully saturated rings. The van der Waals surface area contributed by atoms with E-state index < -0.39 is 17.6 Å². The summed E-state index contributed by atoms with van der Waals surface area (Å²) in [6, 6.07) is 2.48. The summed E-state index contributed by atoms with van der Waals surface area (Å²) in [4.78, 5) is 59.7. The van der Waals surface area contributed by atoms with E-state index in [9.17, 15) is 19.2 Å². The fraction of sp³-hybridized carbons (Fsp3) is 0.391. The van der Waals surface area contributed by atoms with E-state index in [-0.39, 0.29) is 35.7 Å². The van der Waals surface area contributed by atoms with E-state index in [1.807, 2.05) is 26.8 Å². The minimum Gasteiger partial charge on any atom is -0.469 e. The summed E-state index contributed by atoms with van der Waals surface area (Å²) in [5.74, 6) is -1.01. The maximum absolute atomic E-state index is 13.7. The molecular formula is C23H25N5O5S2. The Morgan fingerprint density at radius 2 is 2.09 bits per heavy atom. The average Bonchev–Trinajstić information content (AvgIpc) is 3.10. The molecule has 1 N–H and O–H groups in total. The van der Waals surface area contributed by atoms with Gasteiger partial charge < -0.3 is 15.0 Å². The maximum Gasteiger partial charge on any atom is 0.308 e. The molecule has 1 unspecified atom stereocenters. The fourth-order valence-corrected chi connectivity index (χ4v) is 5.57. The molecule has 0 bridgehead atoms. The van der Waals surface area contributed by atoms with Crippen LogP contribution in [0.3, 0.4) is 0 Å². The van der Waals surface area contributed by atoms with Crippen LogP contribution in [0.4, 0.5) is 5.82 Å². The number of methoxy groups -OCH3 is 1. The van der Waals surface area contributed by atoms with Gasteiger partial charge in [-0.1, -0.05) is 30.0 Å². The lowest BCUT2D eigenvalue weighted by molar-refractivity contribution is -0.143. The number of nitrogens with zero attached hydrogens (tertiary/aromatic N) is 4. The van der Waals surface area contributed by atoms with E-state index in [4.69, 9.17) is 21.9 Å². The highest BCUT2D eigenvalue weighted by atomic mass is 32.2. The number of aromatic nitrogens is 2. The third kappa shape index (κ3) is 4.67. The van der Waals surface area contributed by atoms with Gasteiger partial charge in [0.25, 0.3) is 11.5 Å². The number of anilines is 1. The van der Waals surface area contributed by atoms with Gasteiger partial charge in [0.15, 0.2) is 0 Å². The molecule has 1 atom stereocenters. The van der Waals surface area contributed by atoms with Gasteiger partial charge in [-0.15, -0.1) is 0 Å². The second kappa shape index (κ2) is 9.78. The number of carbonyl (C=O) groups is 3. The van der Waals surface area contributed by atoms with Crippen molar-refractivity contribution in [2.45, 2.75) is 39.3 Å². The Hall–Kier alpha value is -3.25. The third-order valence-corrected chi connectivity index (χ3v) is 7.12. The smallest absolute Gasteiger partial charge is 0.308 e. The zero-order valence-corrected chi connectivity index (χ0v) is 21.4. The number of fused-ring (bicyclic) bond motifs is 1. The van der Waals surface area contributed by atoms with E-state index >= 15 is 0 Å². The summed E-state index contributed by atoms with van der Waals surface area (Å²) in [6.07, 6.45) is 2.94. The lowest BCUT2D eigenvalue weighted by Gasteiger charge is -2.36. The number of nitrogens with one attached hydrogen (secondary N) is 1. The van der Waals surface area contributed by atoms with Crippen molar-refractivity contribution in [3.05, 3.63) is 44.7 Å². The van der Waals surface area contributed by atoms with Crippen molar-refractivity contribution in [3.63, 3.8) is 0 Å². The zero-order valence-electron chi connectivity index (χ0n) is 19.7. The Kier molecular flexibility index (Phi) is 6.95. The van der Waals surface area contributed by atoms with Crippen LogP contribution in [0.5, 0.6) is 0 Å². The van der Waals surface area contributed by atoms with Gasteiger partial charge >= 0.3 is 5.97 Å². The molecule has 184 valence electrons. The number of thioether (sulfide) groups is 1. The Morgan fingerprint density at radius 3 is 2.74 bits per heavy atom. The van der Waals surface area contributed by atoms with Gasteiger partial charge in [-0.05, 0) is 38.5 Å². The van der Waals surface area contributed by atoms with Crippen LogP contribution in [-0.2, 0) is 19.1 Å². The first-order valence-corrected chi connectivity index (χ1v) is 12.3. The van der Waals surface area contributed by atoms with Gasteiger partial charge in [0.05, 0.1) is 24.0 Å². The first-order chi connectivity index (χ1) is 16.6. The average molecular weight is 516 g/mol. The van der Waals surface area contributed by atoms with Crippen molar-refractivity contribution in [2.75, 3.05) is 25.1 Å². The van der Waals surface area contributed by atoms with Crippen molar-refractivity contribution < 1.29 is 19.1 Å². The number of ether oxygens (including phenoxy) is 1. The summed E-state index contributed by atoms with van der Waals surface area (Å²) in [6.45, 7) is 6.20. The number of hydrogen-bond donors (Lipinski definition) is 1. The van der Waals surface area contributed by atoms with Crippen molar-refractivity contribution in [1.82, 2.24) is 19.6 Å². The zero-order chi connectivity index (χ0) is 25.4. The molecule has 0 spiro atoms. The van der Waals surface area contributed by atoms with Gasteiger partial charge in [-0.3, -0.25) is 28.5 Å². The number of hydrogen-bond acceptors (Lipinski definition) is 9. The highest BCUT2D eigenvalue weighted by Crippen LogP contribution is 2.35. The molecule has 0 radical (unpaired) electrons. The monoisotopic (exact) mass is 515 g/mol. The van der Waals surface area contributed by atoms with E-state index in [2.05, 4.69) is 5.32 Å². The van der Waals surface area contributed by atoms with Gasteiger partial charge in [-0.25, -0.2) is 4.98 Å². The number of piperazine rings is 1. The molecule has 2 aromatic heterocycles. The summed E-state index contributed by atoms with van der Waals surface area (Å²) >= 11 is 6.49. The van der Waals surface area contributed by atoms with Gasteiger partial charge in [0, 0.05) is 25.3 Å². The van der Waals surface area contributed by atoms with Crippen LogP contribution in [0.25, 0.3) is 11.7 Å². The van der Waals surface area contributed by atoms with Gasteiger partial charge in [0.2, 0.25) is 5.91 Å². The number of amides is 2. The van der Waals surface area contributed by atoms with E-state index in [0.717, 1.165) is 17.3 Å². The first-order valence-electron chi connectivity index (χ1n) is 11.0. The number of thiocarbonyl (C=S) groups is 1. The Bertz CT molecular complexity index is 1340. The quantitative estimate of drug-likeness (QED) is 0.359. The van der Waals surface area contributed by atoms with Crippen LogP contribution in [0.15, 0.2) is 28.0 Å². The van der Waals surface area contributed by atoms with Crippen LogP contribution in [-0.4, -0.2) is 68.7 Å². The second-order valence-corrected chi connectivity index (χ2v) is 10.2. The predicted molar refractivity (Wildman–Crippen MR) is 137 cm³/mol. The van der Waals surface area contributed by atoms with Crippen molar-refractivity contribution in [1.29, 1.82) is 0 Å². The molecule has 35 heavy (non-hydrogen) atoms. The van der Waals surface area contributed by atoms with E-state index in [0.29, 0.717) is 28.0 Å². The molecule has 2 aliphatic rings. The van der Waals surface area contributed by atoms with Crippen LogP contribution < -0.4 is 15.8 Å². The first kappa shape index (κ1) is 24.9. The lowest BCUT2D eigenvalue weighted by Crippen LogP contribution is -2.57. The Morgan fingerprint density at radius 1 is 1.34 bits per heavy atom. The predicted octanol–water partition coefficient (Wildman–Crippen LogP) is 1.48. The van der Waals surface area contributed by atoms with Gasteiger partial charge in [0.1, 0.15) is 21.8 Å². The molecule has 10 nitrogen and oxygen atoms in total. The van der Waals surface area contributed by atoms with Crippen LogP contribution in [0.2, 0.25) is 0 Å². The molecule has 2 saturated heterocycles. The summed E-state index contributed by atoms with van der Waals surface area (Å²) in [5.41, 5.74) is 0.977. The molecule has 12 heteroatoms. The molecule has 4 rings (SSSR count). The Balaban J connectivity index is 1.92. The largest absolute Gasteiger partial charge is 0.469 e. The lowest BCUT2D eigenvalue weighted by atomic mass is 10.1. The molecule has 4 heterocycles. The number of aryl methyl sites for hydroxylation is 1. The van der Waals surface area contributed by atoms with Crippen molar-refractivity contribution in [2.24, 2.45) is 0 Å². The van der Waals surface area contributed by atoms with Crippen molar-refractivity contribution in [3.8, 4) is 0 Å². The second-order valence-electron chi connectivity index (χ2n) is 8.51. The highest BCUT2D eigenvalue weighted by Gasteiger charge is 2.37. The summed E-state index contributed by atoms with van der Waals surface area (Å²) in [7, 11) is 1.25. The van der Waals surface area contributed by atoms with E-state index in [1.165, 1.54) is 22.5 Å². The standard InChI is InChI=1S/C23H25N5O5S2/c1-12(2)28-22(32)16(35-23(28)34)9-14-19(25-17-6-5-13(3)11-27(17)21(14)31)26-8-7-24-20(30)15(26)10-18(29)33-4/h5-6,9,11-12,15H,7-8,10H2,1-4H3,(H,24,30). The van der Waals surface area contributed by atoms with Gasteiger partial charge in [-0.2, -0.15) is 0 Å². The molecular weight excluding hydrogens is 490 g/mol. The SMILES string of the molecule is COC(=O)CC1C(=O)NCCN1c1nc2ccc(C)cn2c(=O)c1C=C1SC(=S)N(C(C)C)C1=O. The molecule has 0 aliphatic carbocycles. The molecule has 0 saturated carbocycles. The third-order valence-electron chi connectivity index (χ3n) is 5.79. The summed E-state index contributed by atoms with van der Waals surface area (Å²) < 4.78 is 6.59. The molecule has 2 amide bonds. The molecule has 2 aromatic rings. The number of pyridine rings is 1.